The molecule has 0 aliphatic carbocycles. The Morgan fingerprint density at radius 2 is 1.95 bits per heavy atom. The molecule has 0 aliphatic heterocycles. The summed E-state index contributed by atoms with van der Waals surface area (Å²) in [5, 5.41) is 11.7. The van der Waals surface area contributed by atoms with E-state index in [2.05, 4.69) is 11.4 Å². The number of nitrogens with zero attached hydrogens (tertiary/aromatic N) is 1. The zero-order chi connectivity index (χ0) is 14.7. The molecule has 0 bridgehead atoms. The summed E-state index contributed by atoms with van der Waals surface area (Å²) in [6.45, 7) is 3.77. The summed E-state index contributed by atoms with van der Waals surface area (Å²) >= 11 is 0. The van der Waals surface area contributed by atoms with Crippen molar-refractivity contribution in [3.8, 4) is 6.07 Å². The number of carbonyl (C=O) groups is 1. The number of hydrogen-bond donors (Lipinski definition) is 2. The van der Waals surface area contributed by atoms with Crippen molar-refractivity contribution in [1.29, 1.82) is 5.26 Å². The lowest BCUT2D eigenvalue weighted by atomic mass is 10.1. The van der Waals surface area contributed by atoms with Crippen LogP contribution in [0.4, 0.5) is 11.4 Å². The van der Waals surface area contributed by atoms with E-state index in [1.807, 2.05) is 19.9 Å². The molecule has 0 radical (unpaired) electrons. The summed E-state index contributed by atoms with van der Waals surface area (Å²) in [4.78, 5) is 12.3. The number of aryl methyl sites for hydroxylation is 2. The van der Waals surface area contributed by atoms with Crippen LogP contribution in [0.15, 0.2) is 36.4 Å². The largest absolute Gasteiger partial charge is 0.398 e. The molecule has 0 saturated carbocycles. The van der Waals surface area contributed by atoms with Gasteiger partial charge < -0.3 is 11.1 Å². The summed E-state index contributed by atoms with van der Waals surface area (Å²) in [6, 6.07) is 12.5. The van der Waals surface area contributed by atoms with Crippen LogP contribution in [0, 0.1) is 25.2 Å². The molecule has 0 unspecified atom stereocenters. The quantitative estimate of drug-likeness (QED) is 0.819. The van der Waals surface area contributed by atoms with Crippen LogP contribution < -0.4 is 11.1 Å². The van der Waals surface area contributed by atoms with Crippen molar-refractivity contribution in [1.82, 2.24) is 0 Å². The van der Waals surface area contributed by atoms with E-state index in [-0.39, 0.29) is 5.91 Å². The molecule has 20 heavy (non-hydrogen) atoms. The third kappa shape index (κ3) is 2.78. The predicted molar refractivity (Wildman–Crippen MR) is 79.4 cm³/mol. The van der Waals surface area contributed by atoms with Gasteiger partial charge in [0.1, 0.15) is 0 Å². The van der Waals surface area contributed by atoms with Crippen LogP contribution in [-0.2, 0) is 0 Å². The molecular formula is C16H15N3O. The minimum atomic E-state index is -0.274. The molecule has 0 spiro atoms. The van der Waals surface area contributed by atoms with E-state index in [1.165, 1.54) is 0 Å². The van der Waals surface area contributed by atoms with Crippen LogP contribution in [0.5, 0.6) is 0 Å². The number of nitriles is 1. The molecule has 0 aliphatic rings. The van der Waals surface area contributed by atoms with Gasteiger partial charge in [-0.2, -0.15) is 5.26 Å². The molecule has 2 rings (SSSR count). The van der Waals surface area contributed by atoms with E-state index < -0.39 is 0 Å². The van der Waals surface area contributed by atoms with E-state index in [1.54, 1.807) is 30.3 Å². The zero-order valence-corrected chi connectivity index (χ0v) is 11.4. The van der Waals surface area contributed by atoms with Gasteiger partial charge in [0, 0.05) is 11.4 Å². The maximum atomic E-state index is 12.3. The minimum Gasteiger partial charge on any atom is -0.398 e. The summed E-state index contributed by atoms with van der Waals surface area (Å²) in [7, 11) is 0. The van der Waals surface area contributed by atoms with Crippen LogP contribution in [0.3, 0.4) is 0 Å². The molecule has 4 nitrogen and oxygen atoms in total. The SMILES string of the molecule is Cc1ccc(N)c(C(=O)Nc2cc(C#N)ccc2C)c1. The molecule has 0 fully saturated rings. The lowest BCUT2D eigenvalue weighted by Gasteiger charge is -2.10. The summed E-state index contributed by atoms with van der Waals surface area (Å²) in [5.74, 6) is -0.274. The number of nitrogens with one attached hydrogen (secondary N) is 1. The number of nitrogen functional groups attached to an aromatic ring is 1. The maximum Gasteiger partial charge on any atom is 0.257 e. The molecular weight excluding hydrogens is 250 g/mol. The van der Waals surface area contributed by atoms with Gasteiger partial charge in [-0.15, -0.1) is 0 Å². The van der Waals surface area contributed by atoms with Crippen LogP contribution >= 0.6 is 0 Å². The van der Waals surface area contributed by atoms with Crippen molar-refractivity contribution < 1.29 is 4.79 Å². The maximum absolute atomic E-state index is 12.3. The second-order valence-corrected chi connectivity index (χ2v) is 4.69. The third-order valence-corrected chi connectivity index (χ3v) is 3.07. The minimum absolute atomic E-state index is 0.274. The molecule has 0 saturated heterocycles. The van der Waals surface area contributed by atoms with E-state index >= 15 is 0 Å². The molecule has 2 aromatic rings. The van der Waals surface area contributed by atoms with Crippen molar-refractivity contribution >= 4 is 17.3 Å². The Balaban J connectivity index is 2.33. The Morgan fingerprint density at radius 3 is 2.65 bits per heavy atom. The number of rotatable bonds is 2. The van der Waals surface area contributed by atoms with Crippen molar-refractivity contribution in [3.63, 3.8) is 0 Å². The summed E-state index contributed by atoms with van der Waals surface area (Å²) in [6.07, 6.45) is 0. The average Bonchev–Trinajstić information content (AvgIpc) is 2.43. The highest BCUT2D eigenvalue weighted by Crippen LogP contribution is 2.20. The van der Waals surface area contributed by atoms with Gasteiger partial charge in [-0.25, -0.2) is 0 Å². The van der Waals surface area contributed by atoms with Crippen LogP contribution in [0.2, 0.25) is 0 Å². The van der Waals surface area contributed by atoms with Crippen molar-refractivity contribution in [3.05, 3.63) is 58.7 Å². The smallest absolute Gasteiger partial charge is 0.257 e. The molecule has 0 atom stereocenters. The first-order valence-corrected chi connectivity index (χ1v) is 6.19. The number of anilines is 2. The Labute approximate surface area is 117 Å². The zero-order valence-electron chi connectivity index (χ0n) is 11.4. The Bertz CT molecular complexity index is 714. The van der Waals surface area contributed by atoms with E-state index in [9.17, 15) is 4.79 Å². The molecule has 0 aromatic heterocycles. The Hall–Kier alpha value is -2.80. The van der Waals surface area contributed by atoms with Crippen LogP contribution in [0.1, 0.15) is 27.0 Å². The number of benzene rings is 2. The lowest BCUT2D eigenvalue weighted by Crippen LogP contribution is -2.15. The lowest BCUT2D eigenvalue weighted by molar-refractivity contribution is 0.102. The molecule has 2 aromatic carbocycles. The van der Waals surface area contributed by atoms with Crippen molar-refractivity contribution in [2.75, 3.05) is 11.1 Å². The average molecular weight is 265 g/mol. The van der Waals surface area contributed by atoms with Gasteiger partial charge in [0.2, 0.25) is 0 Å². The van der Waals surface area contributed by atoms with E-state index in [4.69, 9.17) is 11.0 Å². The molecule has 0 heterocycles. The molecule has 1 amide bonds. The van der Waals surface area contributed by atoms with Crippen LogP contribution in [-0.4, -0.2) is 5.91 Å². The van der Waals surface area contributed by atoms with Gasteiger partial charge in [-0.05, 0) is 43.7 Å². The highest BCUT2D eigenvalue weighted by atomic mass is 16.1. The second-order valence-electron chi connectivity index (χ2n) is 4.69. The first kappa shape index (κ1) is 13.6. The highest BCUT2D eigenvalue weighted by molar-refractivity contribution is 6.08. The summed E-state index contributed by atoms with van der Waals surface area (Å²) < 4.78 is 0. The highest BCUT2D eigenvalue weighted by Gasteiger charge is 2.11. The van der Waals surface area contributed by atoms with Crippen molar-refractivity contribution in [2.24, 2.45) is 0 Å². The Kier molecular flexibility index (Phi) is 3.72. The summed E-state index contributed by atoms with van der Waals surface area (Å²) in [5.41, 5.74) is 9.67. The topological polar surface area (TPSA) is 78.9 Å². The fourth-order valence-electron chi connectivity index (χ4n) is 1.88. The number of nitrogens with two attached hydrogens (primary N) is 1. The predicted octanol–water partition coefficient (Wildman–Crippen LogP) is 3.01. The Morgan fingerprint density at radius 1 is 1.20 bits per heavy atom. The number of hydrogen-bond acceptors (Lipinski definition) is 3. The number of carbonyl (C=O) groups excluding carboxylic acids is 1. The second kappa shape index (κ2) is 5.45. The first-order valence-electron chi connectivity index (χ1n) is 6.19. The van der Waals surface area contributed by atoms with E-state index in [0.717, 1.165) is 11.1 Å². The first-order chi connectivity index (χ1) is 9.51. The fraction of sp³-hybridized carbons (Fsp3) is 0.125. The van der Waals surface area contributed by atoms with Crippen LogP contribution in [0.25, 0.3) is 0 Å². The van der Waals surface area contributed by atoms with Gasteiger partial charge in [0.25, 0.3) is 5.91 Å². The normalized spacial score (nSPS) is 9.85. The van der Waals surface area contributed by atoms with Gasteiger partial charge >= 0.3 is 0 Å². The van der Waals surface area contributed by atoms with E-state index in [0.29, 0.717) is 22.5 Å². The molecule has 4 heteroatoms. The standard InChI is InChI=1S/C16H15N3O/c1-10-3-6-14(18)13(7-10)16(20)19-15-8-12(9-17)5-4-11(15)2/h3-8H,18H2,1-2H3,(H,19,20). The van der Waals surface area contributed by atoms with Gasteiger partial charge in [-0.1, -0.05) is 17.7 Å². The fourth-order valence-corrected chi connectivity index (χ4v) is 1.88. The monoisotopic (exact) mass is 265 g/mol. The molecule has 3 N–H and O–H groups in total. The third-order valence-electron chi connectivity index (χ3n) is 3.07. The number of amides is 1. The van der Waals surface area contributed by atoms with Gasteiger partial charge in [-0.3, -0.25) is 4.79 Å². The van der Waals surface area contributed by atoms with Gasteiger partial charge in [0.05, 0.1) is 17.2 Å². The van der Waals surface area contributed by atoms with Gasteiger partial charge in [0.15, 0.2) is 0 Å². The van der Waals surface area contributed by atoms with Crippen molar-refractivity contribution in [2.45, 2.75) is 13.8 Å². The molecule has 100 valence electrons.